The maximum Gasteiger partial charge on any atom is 0.417 e. The summed E-state index contributed by atoms with van der Waals surface area (Å²) in [5.74, 6) is -1.18. The third kappa shape index (κ3) is 7.89. The molecule has 2 N–H and O–H groups in total. The topological polar surface area (TPSA) is 132 Å². The lowest BCUT2D eigenvalue weighted by atomic mass is 10.1. The molecule has 2 aromatic heterocycles. The number of hydrogen-bond donors (Lipinski definition) is 2. The molecular formula is C36H29BrF6N6O5. The molecule has 0 radical (unpaired) electrons. The van der Waals surface area contributed by atoms with E-state index in [4.69, 9.17) is 4.74 Å². The molecule has 2 amide bonds. The lowest BCUT2D eigenvalue weighted by molar-refractivity contribution is -0.210. The lowest BCUT2D eigenvalue weighted by Gasteiger charge is -2.34. The molecule has 2 atom stereocenters. The van der Waals surface area contributed by atoms with Crippen LogP contribution in [0.25, 0.3) is 17.1 Å². The molecule has 3 heterocycles. The Balaban J connectivity index is 1.37. The zero-order valence-corrected chi connectivity index (χ0v) is 29.6. The van der Waals surface area contributed by atoms with Crippen LogP contribution in [0.15, 0.2) is 94.5 Å². The number of ether oxygens (including phenoxy) is 1. The second-order valence-corrected chi connectivity index (χ2v) is 13.1. The zero-order valence-electron chi connectivity index (χ0n) is 28.0. The summed E-state index contributed by atoms with van der Waals surface area (Å²) in [6, 6.07) is 16.2. The second kappa shape index (κ2) is 15.1. The number of hydrogen-bond acceptors (Lipinski definition) is 7. The summed E-state index contributed by atoms with van der Waals surface area (Å²) in [4.78, 5) is 51.9. The molecule has 0 saturated carbocycles. The molecular weight excluding hydrogens is 790 g/mol. The van der Waals surface area contributed by atoms with Crippen LogP contribution in [0.5, 0.6) is 5.75 Å². The van der Waals surface area contributed by atoms with Gasteiger partial charge in [-0.2, -0.15) is 26.3 Å². The van der Waals surface area contributed by atoms with Crippen molar-refractivity contribution in [3.05, 3.63) is 128 Å². The van der Waals surface area contributed by atoms with Crippen LogP contribution in [-0.2, 0) is 25.8 Å². The van der Waals surface area contributed by atoms with Crippen LogP contribution in [0.1, 0.15) is 44.6 Å². The number of halogens is 7. The highest BCUT2D eigenvalue weighted by atomic mass is 79.9. The third-order valence-electron chi connectivity index (χ3n) is 8.68. The molecule has 0 saturated heterocycles. The van der Waals surface area contributed by atoms with E-state index in [0.717, 1.165) is 16.7 Å². The summed E-state index contributed by atoms with van der Waals surface area (Å²) in [6.45, 7) is 0.00149. The van der Waals surface area contributed by atoms with E-state index in [1.54, 1.807) is 49.6 Å². The number of aromatic nitrogens is 4. The predicted molar refractivity (Wildman–Crippen MR) is 185 cm³/mol. The van der Waals surface area contributed by atoms with Crippen LogP contribution >= 0.6 is 15.9 Å². The van der Waals surface area contributed by atoms with Gasteiger partial charge in [0.05, 0.1) is 23.5 Å². The van der Waals surface area contributed by atoms with Gasteiger partial charge in [0.15, 0.2) is 11.9 Å². The number of alkyl halides is 6. The number of nitrogens with zero attached hydrogens (tertiary/aromatic N) is 5. The van der Waals surface area contributed by atoms with Gasteiger partial charge in [-0.25, -0.2) is 14.8 Å². The Morgan fingerprint density at radius 3 is 2.35 bits per heavy atom. The Kier molecular flexibility index (Phi) is 10.7. The lowest BCUT2D eigenvalue weighted by Crippen LogP contribution is -2.47. The van der Waals surface area contributed by atoms with Crippen molar-refractivity contribution in [2.75, 3.05) is 6.61 Å². The van der Waals surface area contributed by atoms with E-state index in [1.165, 1.54) is 39.8 Å². The summed E-state index contributed by atoms with van der Waals surface area (Å²) in [7, 11) is 0. The number of benzene rings is 3. The van der Waals surface area contributed by atoms with Gasteiger partial charge in [0.2, 0.25) is 0 Å². The van der Waals surface area contributed by atoms with Crippen LogP contribution < -0.4 is 15.7 Å². The first-order valence-corrected chi connectivity index (χ1v) is 17.0. The van der Waals surface area contributed by atoms with Crippen LogP contribution in [0, 0.1) is 0 Å². The van der Waals surface area contributed by atoms with Gasteiger partial charge >= 0.3 is 18.0 Å². The Morgan fingerprint density at radius 2 is 1.69 bits per heavy atom. The van der Waals surface area contributed by atoms with Gasteiger partial charge in [0, 0.05) is 47.1 Å². The molecule has 11 nitrogen and oxygen atoms in total. The number of rotatable bonds is 9. The summed E-state index contributed by atoms with van der Waals surface area (Å²) in [5, 5.41) is 12.1. The monoisotopic (exact) mass is 818 g/mol. The number of nitrogens with one attached hydrogen (secondary N) is 1. The molecule has 0 bridgehead atoms. The van der Waals surface area contributed by atoms with Crippen LogP contribution in [0.4, 0.5) is 26.3 Å². The minimum Gasteiger partial charge on any atom is -0.491 e. The number of fused-ring (bicyclic) bond motifs is 1. The van der Waals surface area contributed by atoms with Gasteiger partial charge < -0.3 is 20.1 Å². The average molecular weight is 820 g/mol. The Hall–Kier alpha value is -5.49. The van der Waals surface area contributed by atoms with Crippen molar-refractivity contribution >= 4 is 27.7 Å². The van der Waals surface area contributed by atoms with Crippen molar-refractivity contribution < 1.29 is 45.8 Å². The molecule has 18 heteroatoms. The fraction of sp³-hybridized carbons (Fsp3) is 0.250. The van der Waals surface area contributed by atoms with Crippen LogP contribution in [0.2, 0.25) is 0 Å². The first kappa shape index (κ1) is 38.2. The van der Waals surface area contributed by atoms with Gasteiger partial charge in [-0.15, -0.1) is 0 Å². The van der Waals surface area contributed by atoms with E-state index in [2.05, 4.69) is 31.2 Å². The average Bonchev–Trinajstić information content (AvgIpc) is 3.42. The number of aliphatic hydroxyl groups is 1. The fourth-order valence-corrected chi connectivity index (χ4v) is 6.43. The highest BCUT2D eigenvalue weighted by Crippen LogP contribution is 2.36. The standard InChI is InChI=1S/C36H29BrF6N6O5/c1-20-17-48-28(18-47(20)33(52)21-7-12-27(37)26(15-21)35(38,39)40)30(32(51)46-16-22-5-2-3-6-25(22)31-44-13-4-14-45-31)49(34(48)53)23-8-10-24(11-9-23)54-19-29(50)36(41,42)43/h2-15,20,29,50H,16-19H2,1H3,(H,46,51)/t20-,29-/m0/s1. The zero-order chi connectivity index (χ0) is 38.9. The highest BCUT2D eigenvalue weighted by Gasteiger charge is 2.39. The normalized spacial score (nSPS) is 15.1. The van der Waals surface area contributed by atoms with E-state index in [0.29, 0.717) is 17.0 Å². The SMILES string of the molecule is C[C@H]1Cn2c(c(C(=O)NCc3ccccc3-c3ncccn3)n(-c3ccc(OC[C@H](O)C(F)(F)F)cc3)c2=O)CN1C(=O)c1ccc(Br)c(C(F)(F)F)c1. The number of carbonyl (C=O) groups is 2. The van der Waals surface area contributed by atoms with E-state index in [1.807, 2.05) is 0 Å². The Bertz CT molecular complexity index is 2240. The first-order chi connectivity index (χ1) is 25.5. The van der Waals surface area contributed by atoms with Gasteiger partial charge in [-0.3, -0.25) is 18.7 Å². The van der Waals surface area contributed by atoms with Crippen molar-refractivity contribution in [1.82, 2.24) is 29.3 Å². The highest BCUT2D eigenvalue weighted by molar-refractivity contribution is 9.10. The maximum atomic E-state index is 14.2. The minimum atomic E-state index is -4.90. The molecule has 0 fully saturated rings. The van der Waals surface area contributed by atoms with Crippen molar-refractivity contribution in [2.24, 2.45) is 0 Å². The van der Waals surface area contributed by atoms with E-state index < -0.39 is 54.2 Å². The van der Waals surface area contributed by atoms with Crippen molar-refractivity contribution in [3.63, 3.8) is 0 Å². The number of imidazole rings is 1. The van der Waals surface area contributed by atoms with E-state index >= 15 is 0 Å². The molecule has 1 aliphatic rings. The van der Waals surface area contributed by atoms with Crippen molar-refractivity contribution in [3.8, 4) is 22.8 Å². The molecule has 5 aromatic rings. The van der Waals surface area contributed by atoms with Crippen LogP contribution in [-0.4, -0.2) is 65.9 Å². The summed E-state index contributed by atoms with van der Waals surface area (Å²) in [6.07, 6.45) is -9.28. The number of amides is 2. The van der Waals surface area contributed by atoms with Gasteiger partial charge in [0.25, 0.3) is 11.8 Å². The minimum absolute atomic E-state index is 0.0570. The summed E-state index contributed by atoms with van der Waals surface area (Å²) >= 11 is 2.88. The summed E-state index contributed by atoms with van der Waals surface area (Å²) in [5.41, 5.74) is -0.732. The fourth-order valence-electron chi connectivity index (χ4n) is 5.95. The van der Waals surface area contributed by atoms with Gasteiger partial charge in [0.1, 0.15) is 18.1 Å². The second-order valence-electron chi connectivity index (χ2n) is 12.3. The number of carbonyl (C=O) groups excluding carboxylic acids is 2. The maximum absolute atomic E-state index is 14.2. The van der Waals surface area contributed by atoms with Gasteiger partial charge in [-0.05, 0) is 61.0 Å². The van der Waals surface area contributed by atoms with E-state index in [-0.39, 0.29) is 52.5 Å². The molecule has 0 aliphatic carbocycles. The van der Waals surface area contributed by atoms with Crippen molar-refractivity contribution in [2.45, 2.75) is 51.1 Å². The molecule has 0 spiro atoms. The Labute approximate surface area is 311 Å². The molecule has 3 aromatic carbocycles. The quantitative estimate of drug-likeness (QED) is 0.171. The van der Waals surface area contributed by atoms with E-state index in [9.17, 15) is 45.8 Å². The molecule has 6 rings (SSSR count). The van der Waals surface area contributed by atoms with Crippen LogP contribution in [0.3, 0.4) is 0 Å². The first-order valence-electron chi connectivity index (χ1n) is 16.2. The largest absolute Gasteiger partial charge is 0.491 e. The van der Waals surface area contributed by atoms with Gasteiger partial charge in [-0.1, -0.05) is 40.2 Å². The van der Waals surface area contributed by atoms with Crippen molar-refractivity contribution in [1.29, 1.82) is 0 Å². The number of aliphatic hydroxyl groups excluding tert-OH is 1. The molecule has 54 heavy (non-hydrogen) atoms. The predicted octanol–water partition coefficient (Wildman–Crippen LogP) is 6.15. The smallest absolute Gasteiger partial charge is 0.417 e. The molecule has 282 valence electrons. The summed E-state index contributed by atoms with van der Waals surface area (Å²) < 4.78 is 86.7. The molecule has 0 unspecified atom stereocenters. The third-order valence-corrected chi connectivity index (χ3v) is 9.37. The Morgan fingerprint density at radius 1 is 1.00 bits per heavy atom. The molecule has 1 aliphatic heterocycles.